The van der Waals surface area contributed by atoms with Gasteiger partial charge in [-0.05, 0) is 23.6 Å². The topological polar surface area (TPSA) is 9.23 Å². The lowest BCUT2D eigenvalue weighted by Crippen LogP contribution is -2.07. The number of benzene rings is 1. The van der Waals surface area contributed by atoms with Crippen molar-refractivity contribution >= 4 is 21.4 Å². The Morgan fingerprint density at radius 1 is 1.20 bits per heavy atom. The monoisotopic (exact) mass is 220 g/mol. The lowest BCUT2D eigenvalue weighted by molar-refractivity contribution is 0.420. The van der Waals surface area contributed by atoms with E-state index < -0.39 is 0 Å². The Kier molecular flexibility index (Phi) is 2.47. The third kappa shape index (κ3) is 1.86. The van der Waals surface area contributed by atoms with Gasteiger partial charge >= 0.3 is 0 Å². The summed E-state index contributed by atoms with van der Waals surface area (Å²) in [5.74, 6) is 0.972. The van der Waals surface area contributed by atoms with Crippen molar-refractivity contribution in [3.05, 3.63) is 29.1 Å². The van der Waals surface area contributed by atoms with Crippen molar-refractivity contribution in [2.24, 2.45) is 0 Å². The highest BCUT2D eigenvalue weighted by molar-refractivity contribution is 7.19. The van der Waals surface area contributed by atoms with Gasteiger partial charge in [-0.1, -0.05) is 26.8 Å². The van der Waals surface area contributed by atoms with E-state index in [1.807, 2.05) is 23.5 Å². The summed E-state index contributed by atoms with van der Waals surface area (Å²) in [6, 6.07) is 8.46. The number of hydrogen-bond donors (Lipinski definition) is 0. The van der Waals surface area contributed by atoms with Crippen molar-refractivity contribution in [2.45, 2.75) is 26.2 Å². The minimum Gasteiger partial charge on any atom is -0.496 e. The Hall–Kier alpha value is -1.02. The molecule has 80 valence electrons. The lowest BCUT2D eigenvalue weighted by atomic mass is 9.94. The number of methoxy groups -OCH3 is 1. The summed E-state index contributed by atoms with van der Waals surface area (Å²) in [6.45, 7) is 6.72. The lowest BCUT2D eigenvalue weighted by Gasteiger charge is -2.14. The van der Waals surface area contributed by atoms with Crippen LogP contribution in [-0.2, 0) is 5.41 Å². The first kappa shape index (κ1) is 10.5. The summed E-state index contributed by atoms with van der Waals surface area (Å²) in [7, 11) is 1.73. The number of hydrogen-bond acceptors (Lipinski definition) is 2. The molecular weight excluding hydrogens is 204 g/mol. The molecule has 0 aliphatic heterocycles. The molecule has 0 unspecified atom stereocenters. The van der Waals surface area contributed by atoms with Crippen LogP contribution in [0.3, 0.4) is 0 Å². The maximum atomic E-state index is 5.36. The molecule has 0 saturated heterocycles. The van der Waals surface area contributed by atoms with E-state index in [1.165, 1.54) is 15.0 Å². The quantitative estimate of drug-likeness (QED) is 0.699. The summed E-state index contributed by atoms with van der Waals surface area (Å²) < 4.78 is 6.67. The van der Waals surface area contributed by atoms with Gasteiger partial charge in [0.15, 0.2) is 0 Å². The summed E-state index contributed by atoms with van der Waals surface area (Å²) in [5.41, 5.74) is 0.217. The normalized spacial score (nSPS) is 12.0. The highest BCUT2D eigenvalue weighted by atomic mass is 32.1. The fraction of sp³-hybridized carbons (Fsp3) is 0.385. The van der Waals surface area contributed by atoms with Crippen molar-refractivity contribution in [3.63, 3.8) is 0 Å². The van der Waals surface area contributed by atoms with Crippen LogP contribution in [0.5, 0.6) is 5.75 Å². The molecule has 2 aromatic rings. The maximum absolute atomic E-state index is 5.36. The van der Waals surface area contributed by atoms with Gasteiger partial charge in [0, 0.05) is 15.0 Å². The zero-order valence-corrected chi connectivity index (χ0v) is 10.4. The van der Waals surface area contributed by atoms with Crippen LogP contribution < -0.4 is 4.74 Å². The zero-order valence-electron chi connectivity index (χ0n) is 9.63. The fourth-order valence-electron chi connectivity index (χ4n) is 1.58. The first-order valence-electron chi connectivity index (χ1n) is 5.09. The minimum absolute atomic E-state index is 0.217. The molecule has 2 heteroatoms. The second-order valence-electron chi connectivity index (χ2n) is 4.73. The summed E-state index contributed by atoms with van der Waals surface area (Å²) in [5, 5.41) is 1.23. The Bertz CT molecular complexity index is 477. The van der Waals surface area contributed by atoms with Crippen molar-refractivity contribution in [2.75, 3.05) is 7.11 Å². The van der Waals surface area contributed by atoms with Gasteiger partial charge < -0.3 is 4.74 Å². The van der Waals surface area contributed by atoms with E-state index >= 15 is 0 Å². The Morgan fingerprint density at radius 3 is 2.53 bits per heavy atom. The average Bonchev–Trinajstić information content (AvgIpc) is 2.59. The van der Waals surface area contributed by atoms with Gasteiger partial charge in [-0.2, -0.15) is 0 Å². The van der Waals surface area contributed by atoms with Gasteiger partial charge in [0.05, 0.1) is 7.11 Å². The van der Waals surface area contributed by atoms with Gasteiger partial charge in [-0.15, -0.1) is 11.3 Å². The number of ether oxygens (including phenoxy) is 1. The van der Waals surface area contributed by atoms with Gasteiger partial charge in [0.2, 0.25) is 0 Å². The first-order valence-corrected chi connectivity index (χ1v) is 5.91. The molecule has 1 aromatic heterocycles. The van der Waals surface area contributed by atoms with E-state index in [9.17, 15) is 0 Å². The molecule has 0 fully saturated rings. The number of rotatable bonds is 1. The molecule has 1 aromatic carbocycles. The average molecular weight is 220 g/mol. The fourth-order valence-corrected chi connectivity index (χ4v) is 2.72. The van der Waals surface area contributed by atoms with E-state index in [-0.39, 0.29) is 5.41 Å². The maximum Gasteiger partial charge on any atom is 0.127 e. The largest absolute Gasteiger partial charge is 0.496 e. The van der Waals surface area contributed by atoms with Gasteiger partial charge in [-0.25, -0.2) is 0 Å². The second-order valence-corrected chi connectivity index (χ2v) is 5.82. The standard InChI is InChI=1S/C13H16OS/c1-13(2,3)12-8-9-10(14-4)6-5-7-11(9)15-12/h5-8H,1-4H3. The Balaban J connectivity index is 2.65. The molecule has 1 nitrogen and oxygen atoms in total. The van der Waals surface area contributed by atoms with Crippen LogP contribution in [0.25, 0.3) is 10.1 Å². The molecule has 0 atom stereocenters. The Morgan fingerprint density at radius 2 is 1.93 bits per heavy atom. The predicted molar refractivity (Wildman–Crippen MR) is 67.1 cm³/mol. The van der Waals surface area contributed by atoms with Crippen LogP contribution >= 0.6 is 11.3 Å². The molecule has 0 bridgehead atoms. The summed E-state index contributed by atoms with van der Waals surface area (Å²) in [6.07, 6.45) is 0. The van der Waals surface area contributed by atoms with Crippen LogP contribution in [0, 0.1) is 0 Å². The second kappa shape index (κ2) is 3.53. The molecule has 0 aliphatic carbocycles. The molecule has 2 rings (SSSR count). The first-order chi connectivity index (χ1) is 7.02. The summed E-state index contributed by atoms with van der Waals surface area (Å²) in [4.78, 5) is 1.40. The van der Waals surface area contributed by atoms with Crippen LogP contribution in [0.15, 0.2) is 24.3 Å². The van der Waals surface area contributed by atoms with E-state index in [0.717, 1.165) is 5.75 Å². The third-order valence-electron chi connectivity index (χ3n) is 2.48. The third-order valence-corrected chi connectivity index (χ3v) is 4.01. The highest BCUT2D eigenvalue weighted by Crippen LogP contribution is 2.37. The van der Waals surface area contributed by atoms with E-state index in [4.69, 9.17) is 4.74 Å². The van der Waals surface area contributed by atoms with Crippen molar-refractivity contribution in [3.8, 4) is 5.75 Å². The molecule has 0 spiro atoms. The Labute approximate surface area is 94.7 Å². The number of fused-ring (bicyclic) bond motifs is 1. The van der Waals surface area contributed by atoms with Crippen molar-refractivity contribution in [1.82, 2.24) is 0 Å². The van der Waals surface area contributed by atoms with Gasteiger partial charge in [-0.3, -0.25) is 0 Å². The van der Waals surface area contributed by atoms with Gasteiger partial charge in [0.25, 0.3) is 0 Å². The predicted octanol–water partition coefficient (Wildman–Crippen LogP) is 4.21. The highest BCUT2D eigenvalue weighted by Gasteiger charge is 2.17. The smallest absolute Gasteiger partial charge is 0.127 e. The van der Waals surface area contributed by atoms with E-state index in [0.29, 0.717) is 0 Å². The number of thiophene rings is 1. The molecule has 0 aliphatic rings. The van der Waals surface area contributed by atoms with Crippen molar-refractivity contribution in [1.29, 1.82) is 0 Å². The van der Waals surface area contributed by atoms with Crippen LogP contribution in [0.4, 0.5) is 0 Å². The zero-order chi connectivity index (χ0) is 11.1. The minimum atomic E-state index is 0.217. The molecule has 1 heterocycles. The molecule has 0 amide bonds. The molecule has 0 N–H and O–H groups in total. The van der Waals surface area contributed by atoms with Crippen LogP contribution in [0.2, 0.25) is 0 Å². The van der Waals surface area contributed by atoms with E-state index in [2.05, 4.69) is 32.9 Å². The van der Waals surface area contributed by atoms with E-state index in [1.54, 1.807) is 7.11 Å². The van der Waals surface area contributed by atoms with Crippen molar-refractivity contribution < 1.29 is 4.74 Å². The SMILES string of the molecule is COc1cccc2sc(C(C)(C)C)cc12. The molecular formula is C13H16OS. The van der Waals surface area contributed by atoms with Gasteiger partial charge in [0.1, 0.15) is 5.75 Å². The van der Waals surface area contributed by atoms with Crippen LogP contribution in [-0.4, -0.2) is 7.11 Å². The van der Waals surface area contributed by atoms with Crippen LogP contribution in [0.1, 0.15) is 25.6 Å². The molecule has 15 heavy (non-hydrogen) atoms. The molecule has 0 saturated carbocycles. The summed E-state index contributed by atoms with van der Waals surface area (Å²) >= 11 is 1.85. The molecule has 0 radical (unpaired) electrons.